The number of aliphatic imine (C=N–C) groups is 1. The zero-order valence-electron chi connectivity index (χ0n) is 10.1. The van der Waals surface area contributed by atoms with E-state index < -0.39 is 0 Å². The molecule has 2 aromatic rings. The first-order chi connectivity index (χ1) is 8.61. The summed E-state index contributed by atoms with van der Waals surface area (Å²) in [6.45, 7) is 3.66. The minimum atomic E-state index is 0.340. The molecule has 0 saturated carbocycles. The molecule has 1 aromatic heterocycles. The molecular formula is C14H11ClN2O. The van der Waals surface area contributed by atoms with Crippen molar-refractivity contribution in [3.05, 3.63) is 51.7 Å². The maximum absolute atomic E-state index is 9.05. The predicted octanol–water partition coefficient (Wildman–Crippen LogP) is 4.17. The second kappa shape index (κ2) is 5.07. The lowest BCUT2D eigenvalue weighted by molar-refractivity contribution is 0.542. The highest BCUT2D eigenvalue weighted by molar-refractivity contribution is 6.30. The standard InChI is InChI=1S/C14H11ClN2O/c1-9-10(2)18-14(13(9)7-16)17-8-11-4-3-5-12(15)6-11/h3-6,8H,1-2H3. The Morgan fingerprint density at radius 1 is 1.39 bits per heavy atom. The van der Waals surface area contributed by atoms with Gasteiger partial charge in [0.2, 0.25) is 5.88 Å². The number of furan rings is 1. The van der Waals surface area contributed by atoms with E-state index in [-0.39, 0.29) is 0 Å². The van der Waals surface area contributed by atoms with E-state index in [1.54, 1.807) is 18.3 Å². The van der Waals surface area contributed by atoms with Crippen molar-refractivity contribution in [3.63, 3.8) is 0 Å². The van der Waals surface area contributed by atoms with E-state index in [2.05, 4.69) is 11.1 Å². The molecule has 0 saturated heterocycles. The van der Waals surface area contributed by atoms with E-state index in [4.69, 9.17) is 21.3 Å². The first kappa shape index (κ1) is 12.4. The first-order valence-electron chi connectivity index (χ1n) is 5.41. The second-order valence-electron chi connectivity index (χ2n) is 3.89. The molecule has 0 aliphatic rings. The van der Waals surface area contributed by atoms with Gasteiger partial charge in [-0.15, -0.1) is 0 Å². The van der Waals surface area contributed by atoms with Gasteiger partial charge in [-0.25, -0.2) is 4.99 Å². The summed E-state index contributed by atoms with van der Waals surface area (Å²) in [5.74, 6) is 1.05. The Bertz CT molecular complexity index is 650. The fraction of sp³-hybridized carbons (Fsp3) is 0.143. The van der Waals surface area contributed by atoms with Crippen molar-refractivity contribution in [2.24, 2.45) is 4.99 Å². The van der Waals surface area contributed by atoms with Gasteiger partial charge in [-0.3, -0.25) is 0 Å². The zero-order chi connectivity index (χ0) is 13.1. The van der Waals surface area contributed by atoms with Crippen molar-refractivity contribution in [2.75, 3.05) is 0 Å². The molecule has 3 nitrogen and oxygen atoms in total. The lowest BCUT2D eigenvalue weighted by Crippen LogP contribution is -1.80. The van der Waals surface area contributed by atoms with Gasteiger partial charge in [0.1, 0.15) is 17.4 Å². The van der Waals surface area contributed by atoms with Crippen LogP contribution in [0.2, 0.25) is 5.02 Å². The first-order valence-corrected chi connectivity index (χ1v) is 5.79. The average Bonchev–Trinajstić information content (AvgIpc) is 2.62. The van der Waals surface area contributed by atoms with E-state index in [0.29, 0.717) is 22.2 Å². The monoisotopic (exact) mass is 258 g/mol. The summed E-state index contributed by atoms with van der Waals surface area (Å²) >= 11 is 5.88. The molecule has 0 spiro atoms. The van der Waals surface area contributed by atoms with Crippen molar-refractivity contribution in [3.8, 4) is 6.07 Å². The molecule has 0 unspecified atom stereocenters. The molecular weight excluding hydrogens is 248 g/mol. The second-order valence-corrected chi connectivity index (χ2v) is 4.32. The molecule has 0 aliphatic heterocycles. The Kier molecular flexibility index (Phi) is 3.50. The number of hydrogen-bond donors (Lipinski definition) is 0. The van der Waals surface area contributed by atoms with Gasteiger partial charge in [0, 0.05) is 16.8 Å². The normalized spacial score (nSPS) is 10.8. The average molecular weight is 259 g/mol. The Morgan fingerprint density at radius 2 is 2.17 bits per heavy atom. The van der Waals surface area contributed by atoms with Crippen LogP contribution in [0.4, 0.5) is 5.88 Å². The predicted molar refractivity (Wildman–Crippen MR) is 71.6 cm³/mol. The molecule has 0 aliphatic carbocycles. The number of halogens is 1. The molecule has 0 atom stereocenters. The van der Waals surface area contributed by atoms with Gasteiger partial charge < -0.3 is 4.42 Å². The number of hydrogen-bond acceptors (Lipinski definition) is 3. The van der Waals surface area contributed by atoms with Crippen LogP contribution < -0.4 is 0 Å². The number of aryl methyl sites for hydroxylation is 1. The summed E-state index contributed by atoms with van der Waals surface area (Å²) in [6, 6.07) is 9.40. The summed E-state index contributed by atoms with van der Waals surface area (Å²) in [7, 11) is 0. The minimum absolute atomic E-state index is 0.340. The summed E-state index contributed by atoms with van der Waals surface area (Å²) in [4.78, 5) is 4.20. The van der Waals surface area contributed by atoms with Gasteiger partial charge in [0.15, 0.2) is 0 Å². The Morgan fingerprint density at radius 3 is 2.83 bits per heavy atom. The minimum Gasteiger partial charge on any atom is -0.442 e. The molecule has 90 valence electrons. The van der Waals surface area contributed by atoms with Crippen molar-refractivity contribution in [1.82, 2.24) is 0 Å². The molecule has 2 rings (SSSR count). The van der Waals surface area contributed by atoms with E-state index in [1.165, 1.54) is 0 Å². The third-order valence-electron chi connectivity index (χ3n) is 2.66. The molecule has 0 fully saturated rings. The molecule has 1 heterocycles. The molecule has 0 bridgehead atoms. The number of nitrogens with zero attached hydrogens (tertiary/aromatic N) is 2. The summed E-state index contributed by atoms with van der Waals surface area (Å²) in [5, 5.41) is 9.69. The SMILES string of the molecule is Cc1oc(N=Cc2cccc(Cl)c2)c(C#N)c1C. The van der Waals surface area contributed by atoms with Crippen molar-refractivity contribution in [1.29, 1.82) is 5.26 Å². The Balaban J connectivity index is 2.35. The van der Waals surface area contributed by atoms with Crippen LogP contribution in [0.25, 0.3) is 0 Å². The van der Waals surface area contributed by atoms with Gasteiger partial charge in [-0.05, 0) is 31.5 Å². The van der Waals surface area contributed by atoms with Crippen LogP contribution in [0.15, 0.2) is 33.7 Å². The fourth-order valence-electron chi connectivity index (χ4n) is 1.55. The molecule has 0 radical (unpaired) electrons. The quantitative estimate of drug-likeness (QED) is 0.759. The van der Waals surface area contributed by atoms with Crippen LogP contribution in [-0.4, -0.2) is 6.21 Å². The van der Waals surface area contributed by atoms with Gasteiger partial charge in [0.25, 0.3) is 0 Å². The van der Waals surface area contributed by atoms with E-state index in [9.17, 15) is 0 Å². The number of nitriles is 1. The summed E-state index contributed by atoms with van der Waals surface area (Å²) < 4.78 is 5.43. The summed E-state index contributed by atoms with van der Waals surface area (Å²) in [6.07, 6.45) is 1.63. The summed E-state index contributed by atoms with van der Waals surface area (Å²) in [5.41, 5.74) is 2.17. The van der Waals surface area contributed by atoms with Gasteiger partial charge >= 0.3 is 0 Å². The van der Waals surface area contributed by atoms with Crippen LogP contribution in [0.1, 0.15) is 22.5 Å². The number of benzene rings is 1. The molecule has 4 heteroatoms. The van der Waals surface area contributed by atoms with Gasteiger partial charge in [0.05, 0.1) is 0 Å². The largest absolute Gasteiger partial charge is 0.442 e. The van der Waals surface area contributed by atoms with E-state index >= 15 is 0 Å². The van der Waals surface area contributed by atoms with Crippen LogP contribution in [0.5, 0.6) is 0 Å². The third kappa shape index (κ3) is 2.44. The van der Waals surface area contributed by atoms with Crippen LogP contribution in [0, 0.1) is 25.2 Å². The molecule has 0 N–H and O–H groups in total. The zero-order valence-corrected chi connectivity index (χ0v) is 10.8. The highest BCUT2D eigenvalue weighted by Gasteiger charge is 2.12. The topological polar surface area (TPSA) is 49.3 Å². The van der Waals surface area contributed by atoms with Crippen LogP contribution in [-0.2, 0) is 0 Å². The fourth-order valence-corrected chi connectivity index (χ4v) is 1.75. The van der Waals surface area contributed by atoms with E-state index in [0.717, 1.165) is 11.1 Å². The van der Waals surface area contributed by atoms with Crippen molar-refractivity contribution < 1.29 is 4.42 Å². The molecule has 0 amide bonds. The third-order valence-corrected chi connectivity index (χ3v) is 2.89. The van der Waals surface area contributed by atoms with Gasteiger partial charge in [-0.2, -0.15) is 5.26 Å². The Labute approximate surface area is 110 Å². The Hall–Kier alpha value is -2.05. The van der Waals surface area contributed by atoms with Gasteiger partial charge in [-0.1, -0.05) is 23.7 Å². The van der Waals surface area contributed by atoms with Crippen molar-refractivity contribution in [2.45, 2.75) is 13.8 Å². The van der Waals surface area contributed by atoms with Crippen molar-refractivity contribution >= 4 is 23.7 Å². The maximum Gasteiger partial charge on any atom is 0.237 e. The molecule has 18 heavy (non-hydrogen) atoms. The molecule has 1 aromatic carbocycles. The lowest BCUT2D eigenvalue weighted by Gasteiger charge is -1.93. The highest BCUT2D eigenvalue weighted by atomic mass is 35.5. The van der Waals surface area contributed by atoms with Crippen LogP contribution >= 0.6 is 11.6 Å². The number of rotatable bonds is 2. The highest BCUT2D eigenvalue weighted by Crippen LogP contribution is 2.27. The van der Waals surface area contributed by atoms with Crippen LogP contribution in [0.3, 0.4) is 0 Å². The van der Waals surface area contributed by atoms with E-state index in [1.807, 2.05) is 26.0 Å². The lowest BCUT2D eigenvalue weighted by atomic mass is 10.2. The maximum atomic E-state index is 9.05. The smallest absolute Gasteiger partial charge is 0.237 e.